The number of nitrogens with zero attached hydrogens (tertiary/aromatic N) is 1. The molecule has 0 saturated heterocycles. The van der Waals surface area contributed by atoms with Crippen LogP contribution in [0.1, 0.15) is 19.5 Å². The van der Waals surface area contributed by atoms with Crippen LogP contribution in [0.25, 0.3) is 0 Å². The molecule has 70 valence electrons. The number of aromatic nitrogens is 1. The van der Waals surface area contributed by atoms with E-state index < -0.39 is 5.41 Å². The lowest BCUT2D eigenvalue weighted by Crippen LogP contribution is -2.36. The van der Waals surface area contributed by atoms with E-state index in [-0.39, 0.29) is 5.91 Å². The van der Waals surface area contributed by atoms with Gasteiger partial charge in [-0.25, -0.2) is 0 Å². The summed E-state index contributed by atoms with van der Waals surface area (Å²) in [5, 5.41) is 0. The van der Waals surface area contributed by atoms with Gasteiger partial charge in [0.05, 0.1) is 11.1 Å². The molecular formula is C9H11BrN2O. The van der Waals surface area contributed by atoms with Gasteiger partial charge in [0, 0.05) is 10.7 Å². The average Bonchev–Trinajstić information content (AvgIpc) is 2.04. The van der Waals surface area contributed by atoms with Gasteiger partial charge in [-0.2, -0.15) is 0 Å². The Morgan fingerprint density at radius 1 is 1.54 bits per heavy atom. The fourth-order valence-corrected chi connectivity index (χ4v) is 1.11. The number of pyridine rings is 1. The van der Waals surface area contributed by atoms with Crippen molar-refractivity contribution in [2.75, 3.05) is 0 Å². The molecule has 0 radical (unpaired) electrons. The van der Waals surface area contributed by atoms with E-state index in [0.717, 1.165) is 4.47 Å². The van der Waals surface area contributed by atoms with Crippen molar-refractivity contribution in [1.29, 1.82) is 0 Å². The summed E-state index contributed by atoms with van der Waals surface area (Å²) in [4.78, 5) is 15.2. The molecule has 0 aliphatic heterocycles. The second kappa shape index (κ2) is 3.46. The summed E-state index contributed by atoms with van der Waals surface area (Å²) in [6.45, 7) is 3.51. The Kier molecular flexibility index (Phi) is 2.71. The Morgan fingerprint density at radius 3 is 2.54 bits per heavy atom. The first-order chi connectivity index (χ1) is 5.94. The van der Waals surface area contributed by atoms with E-state index in [9.17, 15) is 4.79 Å². The van der Waals surface area contributed by atoms with Crippen molar-refractivity contribution < 1.29 is 4.79 Å². The Morgan fingerprint density at radius 2 is 2.15 bits per heavy atom. The van der Waals surface area contributed by atoms with E-state index in [0.29, 0.717) is 5.69 Å². The zero-order valence-electron chi connectivity index (χ0n) is 7.54. The predicted octanol–water partition coefficient (Wildman–Crippen LogP) is 1.61. The highest BCUT2D eigenvalue weighted by Crippen LogP contribution is 2.21. The molecule has 1 heterocycles. The summed E-state index contributed by atoms with van der Waals surface area (Å²) in [5.74, 6) is -0.373. The zero-order valence-corrected chi connectivity index (χ0v) is 9.13. The third-order valence-electron chi connectivity index (χ3n) is 1.98. The number of carbonyl (C=O) groups excluding carboxylic acids is 1. The highest BCUT2D eigenvalue weighted by atomic mass is 79.9. The van der Waals surface area contributed by atoms with Gasteiger partial charge < -0.3 is 5.73 Å². The number of halogens is 1. The maximum atomic E-state index is 11.1. The molecule has 0 aromatic carbocycles. The Balaban J connectivity index is 3.08. The first-order valence-corrected chi connectivity index (χ1v) is 4.66. The minimum absolute atomic E-state index is 0.373. The average molecular weight is 243 g/mol. The van der Waals surface area contributed by atoms with E-state index in [2.05, 4.69) is 20.9 Å². The Labute approximate surface area is 85.5 Å². The molecule has 0 bridgehead atoms. The monoisotopic (exact) mass is 242 g/mol. The molecule has 3 nitrogen and oxygen atoms in total. The summed E-state index contributed by atoms with van der Waals surface area (Å²) < 4.78 is 0.886. The zero-order chi connectivity index (χ0) is 10.1. The standard InChI is InChI=1S/C9H11BrN2O/c1-9(2,8(11)13)7-4-3-6(10)5-12-7/h3-5H,1-2H3,(H2,11,13). The predicted molar refractivity (Wildman–Crippen MR) is 54.2 cm³/mol. The molecule has 0 spiro atoms. The van der Waals surface area contributed by atoms with Crippen LogP contribution in [-0.4, -0.2) is 10.9 Å². The smallest absolute Gasteiger partial charge is 0.229 e. The molecule has 1 amide bonds. The van der Waals surface area contributed by atoms with Crippen LogP contribution in [-0.2, 0) is 10.2 Å². The molecule has 4 heteroatoms. The molecule has 2 N–H and O–H groups in total. The van der Waals surface area contributed by atoms with Crippen molar-refractivity contribution in [3.8, 4) is 0 Å². The first-order valence-electron chi connectivity index (χ1n) is 3.86. The van der Waals surface area contributed by atoms with Crippen LogP contribution in [0.3, 0.4) is 0 Å². The van der Waals surface area contributed by atoms with Crippen LogP contribution >= 0.6 is 15.9 Å². The molecule has 0 atom stereocenters. The fraction of sp³-hybridized carbons (Fsp3) is 0.333. The maximum Gasteiger partial charge on any atom is 0.229 e. The van der Waals surface area contributed by atoms with Gasteiger partial charge in [0.15, 0.2) is 0 Å². The van der Waals surface area contributed by atoms with Gasteiger partial charge in [0.25, 0.3) is 0 Å². The van der Waals surface area contributed by atoms with Crippen molar-refractivity contribution in [3.05, 3.63) is 28.5 Å². The SMILES string of the molecule is CC(C)(C(N)=O)c1ccc(Br)cn1. The lowest BCUT2D eigenvalue weighted by Gasteiger charge is -2.19. The minimum atomic E-state index is -0.708. The van der Waals surface area contributed by atoms with E-state index in [4.69, 9.17) is 5.73 Å². The molecule has 0 saturated carbocycles. The number of hydrogen-bond donors (Lipinski definition) is 1. The topological polar surface area (TPSA) is 56.0 Å². The van der Waals surface area contributed by atoms with Crippen molar-refractivity contribution in [3.63, 3.8) is 0 Å². The number of hydrogen-bond acceptors (Lipinski definition) is 2. The van der Waals surface area contributed by atoms with E-state index >= 15 is 0 Å². The molecule has 13 heavy (non-hydrogen) atoms. The normalized spacial score (nSPS) is 11.3. The van der Waals surface area contributed by atoms with Crippen molar-refractivity contribution in [1.82, 2.24) is 4.98 Å². The molecule has 0 aliphatic carbocycles. The summed E-state index contributed by atoms with van der Waals surface area (Å²) >= 11 is 3.27. The van der Waals surface area contributed by atoms with Gasteiger partial charge in [-0.1, -0.05) is 0 Å². The largest absolute Gasteiger partial charge is 0.369 e. The van der Waals surface area contributed by atoms with Crippen LogP contribution in [0.2, 0.25) is 0 Å². The summed E-state index contributed by atoms with van der Waals surface area (Å²) in [5.41, 5.74) is 5.23. The molecule has 1 aromatic heterocycles. The summed E-state index contributed by atoms with van der Waals surface area (Å²) in [7, 11) is 0. The van der Waals surface area contributed by atoms with E-state index in [1.165, 1.54) is 0 Å². The second-order valence-corrected chi connectivity index (χ2v) is 4.27. The molecule has 0 fully saturated rings. The van der Waals surface area contributed by atoms with Crippen LogP contribution in [0, 0.1) is 0 Å². The van der Waals surface area contributed by atoms with E-state index in [1.807, 2.05) is 6.07 Å². The van der Waals surface area contributed by atoms with Crippen LogP contribution in [0.4, 0.5) is 0 Å². The second-order valence-electron chi connectivity index (χ2n) is 3.35. The minimum Gasteiger partial charge on any atom is -0.369 e. The van der Waals surface area contributed by atoms with Crippen molar-refractivity contribution in [2.24, 2.45) is 5.73 Å². The number of primary amides is 1. The van der Waals surface area contributed by atoms with Crippen LogP contribution in [0.5, 0.6) is 0 Å². The number of carbonyl (C=O) groups is 1. The fourth-order valence-electron chi connectivity index (χ4n) is 0.872. The molecular weight excluding hydrogens is 232 g/mol. The highest BCUT2D eigenvalue weighted by molar-refractivity contribution is 9.10. The van der Waals surface area contributed by atoms with Gasteiger partial charge in [0.1, 0.15) is 0 Å². The van der Waals surface area contributed by atoms with Crippen molar-refractivity contribution >= 4 is 21.8 Å². The third kappa shape index (κ3) is 2.06. The lowest BCUT2D eigenvalue weighted by molar-refractivity contribution is -0.122. The molecule has 0 aliphatic rings. The summed E-state index contributed by atoms with van der Waals surface area (Å²) in [6.07, 6.45) is 1.65. The highest BCUT2D eigenvalue weighted by Gasteiger charge is 2.28. The van der Waals surface area contributed by atoms with Crippen LogP contribution in [0.15, 0.2) is 22.8 Å². The van der Waals surface area contributed by atoms with E-state index in [1.54, 1.807) is 26.1 Å². The van der Waals surface area contributed by atoms with Gasteiger partial charge in [-0.05, 0) is 41.9 Å². The van der Waals surface area contributed by atoms with Gasteiger partial charge in [0.2, 0.25) is 5.91 Å². The first kappa shape index (κ1) is 10.2. The Hall–Kier alpha value is -0.900. The third-order valence-corrected chi connectivity index (χ3v) is 2.45. The van der Waals surface area contributed by atoms with Crippen molar-refractivity contribution in [2.45, 2.75) is 19.3 Å². The number of nitrogens with two attached hydrogens (primary N) is 1. The van der Waals surface area contributed by atoms with Gasteiger partial charge in [-0.3, -0.25) is 9.78 Å². The maximum absolute atomic E-state index is 11.1. The van der Waals surface area contributed by atoms with Gasteiger partial charge >= 0.3 is 0 Å². The lowest BCUT2D eigenvalue weighted by atomic mass is 9.88. The quantitative estimate of drug-likeness (QED) is 0.857. The molecule has 1 rings (SSSR count). The Bertz CT molecular complexity index is 319. The number of amides is 1. The summed E-state index contributed by atoms with van der Waals surface area (Å²) in [6, 6.07) is 3.63. The number of rotatable bonds is 2. The molecule has 0 unspecified atom stereocenters. The van der Waals surface area contributed by atoms with Gasteiger partial charge in [-0.15, -0.1) is 0 Å². The molecule has 1 aromatic rings. The van der Waals surface area contributed by atoms with Crippen LogP contribution < -0.4 is 5.73 Å².